The number of ether oxygens (including phenoxy) is 1. The zero-order valence-electron chi connectivity index (χ0n) is 11.4. The number of pyridine rings is 1. The first kappa shape index (κ1) is 13.3. The molecule has 0 saturated heterocycles. The summed E-state index contributed by atoms with van der Waals surface area (Å²) in [5.41, 5.74) is 7.55. The number of hydrogen-bond donors (Lipinski definition) is 2. The van der Waals surface area contributed by atoms with Gasteiger partial charge in [-0.2, -0.15) is 0 Å². The summed E-state index contributed by atoms with van der Waals surface area (Å²) in [6, 6.07) is 4.35. The van der Waals surface area contributed by atoms with Gasteiger partial charge in [-0.3, -0.25) is 4.98 Å². The first-order valence-electron chi connectivity index (χ1n) is 6.59. The molecule has 1 aromatic heterocycles. The number of aromatic nitrogens is 1. The molecule has 100 valence electrons. The molecule has 1 heterocycles. The van der Waals surface area contributed by atoms with Crippen molar-refractivity contribution in [1.82, 2.24) is 10.3 Å². The highest BCUT2D eigenvalue weighted by Gasteiger charge is 2.48. The summed E-state index contributed by atoms with van der Waals surface area (Å²) in [5, 5.41) is 3.55. The minimum absolute atomic E-state index is 0.198. The first-order chi connectivity index (χ1) is 8.54. The van der Waals surface area contributed by atoms with Crippen LogP contribution >= 0.6 is 0 Å². The van der Waals surface area contributed by atoms with Gasteiger partial charge in [0, 0.05) is 24.6 Å². The van der Waals surface area contributed by atoms with E-state index in [2.05, 4.69) is 31.1 Å². The Bertz CT molecular complexity index is 389. The lowest BCUT2D eigenvalue weighted by molar-refractivity contribution is -0.114. The number of hydrogen-bond acceptors (Lipinski definition) is 4. The maximum Gasteiger partial charge on any atom is 0.0655 e. The Morgan fingerprint density at radius 1 is 1.50 bits per heavy atom. The largest absolute Gasteiger partial charge is 0.397 e. The van der Waals surface area contributed by atoms with Gasteiger partial charge in [-0.05, 0) is 25.5 Å². The molecular formula is C14H23N3O. The number of nitrogens with one attached hydrogen (secondary N) is 1. The van der Waals surface area contributed by atoms with Crippen LogP contribution in [-0.2, 0) is 11.3 Å². The quantitative estimate of drug-likeness (QED) is 0.837. The van der Waals surface area contributed by atoms with Crippen molar-refractivity contribution in [2.75, 3.05) is 12.3 Å². The molecule has 1 aromatic rings. The first-order valence-corrected chi connectivity index (χ1v) is 6.59. The monoisotopic (exact) mass is 249 g/mol. The number of rotatable bonds is 5. The second-order valence-electron chi connectivity index (χ2n) is 5.52. The third kappa shape index (κ3) is 2.65. The Morgan fingerprint density at radius 2 is 2.28 bits per heavy atom. The zero-order chi connectivity index (χ0) is 13.2. The van der Waals surface area contributed by atoms with Crippen LogP contribution in [0.15, 0.2) is 18.3 Å². The van der Waals surface area contributed by atoms with Crippen molar-refractivity contribution in [3.05, 3.63) is 24.0 Å². The van der Waals surface area contributed by atoms with Gasteiger partial charge in [0.15, 0.2) is 0 Å². The number of nitrogens with zero attached hydrogens (tertiary/aromatic N) is 1. The van der Waals surface area contributed by atoms with E-state index < -0.39 is 0 Å². The van der Waals surface area contributed by atoms with Crippen LogP contribution in [0.25, 0.3) is 0 Å². The molecule has 4 nitrogen and oxygen atoms in total. The topological polar surface area (TPSA) is 60.2 Å². The molecule has 1 aliphatic carbocycles. The van der Waals surface area contributed by atoms with E-state index in [1.54, 1.807) is 6.20 Å². The molecule has 1 aliphatic rings. The molecule has 2 rings (SSSR count). The van der Waals surface area contributed by atoms with E-state index in [1.165, 1.54) is 0 Å². The fourth-order valence-electron chi connectivity index (χ4n) is 2.48. The molecule has 0 amide bonds. The van der Waals surface area contributed by atoms with Crippen molar-refractivity contribution in [2.45, 2.75) is 45.9 Å². The molecule has 1 saturated carbocycles. The summed E-state index contributed by atoms with van der Waals surface area (Å²) in [7, 11) is 0. The average Bonchev–Trinajstić information content (AvgIpc) is 2.35. The molecule has 0 radical (unpaired) electrons. The Balaban J connectivity index is 1.83. The number of nitrogens with two attached hydrogens (primary N) is 1. The molecule has 4 heteroatoms. The molecule has 0 spiro atoms. The maximum absolute atomic E-state index is 5.72. The summed E-state index contributed by atoms with van der Waals surface area (Å²) in [5.74, 6) is 0. The fraction of sp³-hybridized carbons (Fsp3) is 0.643. The predicted octanol–water partition coefficient (Wildman–Crippen LogP) is 1.96. The summed E-state index contributed by atoms with van der Waals surface area (Å²) in [4.78, 5) is 4.29. The van der Waals surface area contributed by atoms with E-state index in [0.717, 1.165) is 25.3 Å². The van der Waals surface area contributed by atoms with Gasteiger partial charge in [-0.15, -0.1) is 0 Å². The van der Waals surface area contributed by atoms with Gasteiger partial charge in [-0.1, -0.05) is 13.8 Å². The van der Waals surface area contributed by atoms with Gasteiger partial charge in [-0.25, -0.2) is 0 Å². The Labute approximate surface area is 109 Å². The van der Waals surface area contributed by atoms with Crippen LogP contribution in [-0.4, -0.2) is 23.7 Å². The smallest absolute Gasteiger partial charge is 0.0655 e. The summed E-state index contributed by atoms with van der Waals surface area (Å²) < 4.78 is 5.72. The lowest BCUT2D eigenvalue weighted by atomic mass is 9.64. The standard InChI is InChI=1S/C14H23N3O/c1-4-18-13-7-12(14(13,2)3)17-9-11-6-5-10(15)8-16-11/h5-6,8,12-13,17H,4,7,9,15H2,1-3H3. The predicted molar refractivity (Wildman–Crippen MR) is 73.1 cm³/mol. The third-order valence-electron chi connectivity index (χ3n) is 3.92. The van der Waals surface area contributed by atoms with E-state index in [0.29, 0.717) is 17.8 Å². The molecule has 3 N–H and O–H groups in total. The van der Waals surface area contributed by atoms with Crippen molar-refractivity contribution in [3.8, 4) is 0 Å². The van der Waals surface area contributed by atoms with Crippen molar-refractivity contribution in [2.24, 2.45) is 5.41 Å². The molecule has 0 aromatic carbocycles. The van der Waals surface area contributed by atoms with Gasteiger partial charge >= 0.3 is 0 Å². The lowest BCUT2D eigenvalue weighted by Crippen LogP contribution is -2.60. The minimum Gasteiger partial charge on any atom is -0.397 e. The molecule has 0 bridgehead atoms. The van der Waals surface area contributed by atoms with E-state index in [9.17, 15) is 0 Å². The second-order valence-corrected chi connectivity index (χ2v) is 5.52. The normalized spacial score (nSPS) is 25.7. The van der Waals surface area contributed by atoms with E-state index >= 15 is 0 Å². The van der Waals surface area contributed by atoms with Crippen molar-refractivity contribution in [3.63, 3.8) is 0 Å². The minimum atomic E-state index is 0.198. The Morgan fingerprint density at radius 3 is 2.83 bits per heavy atom. The molecule has 2 unspecified atom stereocenters. The average molecular weight is 249 g/mol. The van der Waals surface area contributed by atoms with Gasteiger partial charge < -0.3 is 15.8 Å². The SMILES string of the molecule is CCOC1CC(NCc2ccc(N)cn2)C1(C)C. The highest BCUT2D eigenvalue weighted by molar-refractivity contribution is 5.34. The molecule has 0 aliphatic heterocycles. The van der Waals surface area contributed by atoms with Crippen LogP contribution in [0.1, 0.15) is 32.9 Å². The lowest BCUT2D eigenvalue weighted by Gasteiger charge is -2.51. The van der Waals surface area contributed by atoms with Gasteiger partial charge in [0.05, 0.1) is 23.7 Å². The van der Waals surface area contributed by atoms with Gasteiger partial charge in [0.25, 0.3) is 0 Å². The Hall–Kier alpha value is -1.13. The van der Waals surface area contributed by atoms with Gasteiger partial charge in [0.2, 0.25) is 0 Å². The van der Waals surface area contributed by atoms with Crippen LogP contribution in [0.4, 0.5) is 5.69 Å². The van der Waals surface area contributed by atoms with Crippen molar-refractivity contribution in [1.29, 1.82) is 0 Å². The second kappa shape index (κ2) is 5.24. The Kier molecular flexibility index (Phi) is 3.88. The molecular weight excluding hydrogens is 226 g/mol. The summed E-state index contributed by atoms with van der Waals surface area (Å²) in [6.07, 6.45) is 3.15. The molecule has 1 fully saturated rings. The van der Waals surface area contributed by atoms with E-state index in [-0.39, 0.29) is 5.41 Å². The zero-order valence-corrected chi connectivity index (χ0v) is 11.4. The van der Waals surface area contributed by atoms with Crippen LogP contribution in [0, 0.1) is 5.41 Å². The number of nitrogen functional groups attached to an aromatic ring is 1. The fourth-order valence-corrected chi connectivity index (χ4v) is 2.48. The highest BCUT2D eigenvalue weighted by atomic mass is 16.5. The highest BCUT2D eigenvalue weighted by Crippen LogP contribution is 2.42. The van der Waals surface area contributed by atoms with Crippen LogP contribution < -0.4 is 11.1 Å². The summed E-state index contributed by atoms with van der Waals surface area (Å²) >= 11 is 0. The van der Waals surface area contributed by atoms with E-state index in [4.69, 9.17) is 10.5 Å². The molecule has 18 heavy (non-hydrogen) atoms. The summed E-state index contributed by atoms with van der Waals surface area (Å²) in [6.45, 7) is 8.14. The number of anilines is 1. The van der Waals surface area contributed by atoms with Crippen LogP contribution in [0.2, 0.25) is 0 Å². The van der Waals surface area contributed by atoms with Crippen molar-refractivity contribution < 1.29 is 4.74 Å². The van der Waals surface area contributed by atoms with Crippen molar-refractivity contribution >= 4 is 5.69 Å². The van der Waals surface area contributed by atoms with Crippen LogP contribution in [0.5, 0.6) is 0 Å². The van der Waals surface area contributed by atoms with E-state index in [1.807, 2.05) is 12.1 Å². The third-order valence-corrected chi connectivity index (χ3v) is 3.92. The van der Waals surface area contributed by atoms with Crippen LogP contribution in [0.3, 0.4) is 0 Å². The maximum atomic E-state index is 5.72. The van der Waals surface area contributed by atoms with Gasteiger partial charge in [0.1, 0.15) is 0 Å². The molecule has 2 atom stereocenters.